The molecule has 1 aromatic rings. The third kappa shape index (κ3) is 6.44. The lowest BCUT2D eigenvalue weighted by atomic mass is 10.2. The number of rotatable bonds is 9. The average molecular weight is 328 g/mol. The molecule has 0 aliphatic heterocycles. The van der Waals surface area contributed by atoms with Gasteiger partial charge in [0.25, 0.3) is 0 Å². The number of hydrogen-bond donors (Lipinski definition) is 1. The van der Waals surface area contributed by atoms with E-state index < -0.39 is 10.0 Å². The van der Waals surface area contributed by atoms with Crippen LogP contribution in [0.4, 0.5) is 0 Å². The minimum Gasteiger partial charge on any atom is -0.497 e. The Morgan fingerprint density at radius 1 is 1.27 bits per heavy atom. The predicted octanol–water partition coefficient (Wildman–Crippen LogP) is 1.37. The van der Waals surface area contributed by atoms with E-state index in [0.29, 0.717) is 12.3 Å². The lowest BCUT2D eigenvalue weighted by molar-refractivity contribution is -0.121. The number of nitrogens with zero attached hydrogens (tertiary/aromatic N) is 1. The van der Waals surface area contributed by atoms with E-state index in [4.69, 9.17) is 4.74 Å². The summed E-state index contributed by atoms with van der Waals surface area (Å²) in [4.78, 5) is 11.8. The Morgan fingerprint density at radius 3 is 2.41 bits per heavy atom. The van der Waals surface area contributed by atoms with Gasteiger partial charge in [-0.25, -0.2) is 8.42 Å². The molecule has 0 aromatic heterocycles. The summed E-state index contributed by atoms with van der Waals surface area (Å²) in [6, 6.07) is 7.09. The second kappa shape index (κ2) is 8.75. The highest BCUT2D eigenvalue weighted by Crippen LogP contribution is 2.14. The summed E-state index contributed by atoms with van der Waals surface area (Å²) in [7, 11) is -1.90. The topological polar surface area (TPSA) is 75.7 Å². The molecule has 1 amide bonds. The van der Waals surface area contributed by atoms with Gasteiger partial charge in [0.2, 0.25) is 15.9 Å². The van der Waals surface area contributed by atoms with Crippen molar-refractivity contribution in [3.63, 3.8) is 0 Å². The quantitative estimate of drug-likeness (QED) is 0.695. The summed E-state index contributed by atoms with van der Waals surface area (Å²) in [5.41, 5.74) is 0.799. The standard InChI is InChI=1S/C15H24N2O4S/c1-4-5-10-16-15(18)12-17(22(3,19)20)11-13-6-8-14(21-2)9-7-13/h6-9H,4-5,10-12H2,1-3H3,(H,16,18). The largest absolute Gasteiger partial charge is 0.497 e. The van der Waals surface area contributed by atoms with E-state index in [0.717, 1.165) is 29.0 Å². The van der Waals surface area contributed by atoms with Crippen molar-refractivity contribution in [2.24, 2.45) is 0 Å². The van der Waals surface area contributed by atoms with Crippen LogP contribution in [0.25, 0.3) is 0 Å². The lowest BCUT2D eigenvalue weighted by Gasteiger charge is -2.19. The second-order valence-corrected chi connectivity index (χ2v) is 7.07. The monoisotopic (exact) mass is 328 g/mol. The zero-order chi connectivity index (χ0) is 16.6. The molecular formula is C15H24N2O4S. The first-order valence-electron chi connectivity index (χ1n) is 7.21. The second-order valence-electron chi connectivity index (χ2n) is 5.08. The summed E-state index contributed by atoms with van der Waals surface area (Å²) in [6.45, 7) is 2.58. The van der Waals surface area contributed by atoms with Crippen molar-refractivity contribution in [3.05, 3.63) is 29.8 Å². The van der Waals surface area contributed by atoms with Gasteiger partial charge in [0.15, 0.2) is 0 Å². The van der Waals surface area contributed by atoms with E-state index in [1.807, 2.05) is 6.92 Å². The van der Waals surface area contributed by atoms with Gasteiger partial charge in [-0.3, -0.25) is 4.79 Å². The number of unbranched alkanes of at least 4 members (excludes halogenated alkanes) is 1. The molecular weight excluding hydrogens is 304 g/mol. The molecule has 0 aliphatic carbocycles. The first-order chi connectivity index (χ1) is 10.4. The van der Waals surface area contributed by atoms with Crippen LogP contribution in [0.1, 0.15) is 25.3 Å². The molecule has 0 saturated carbocycles. The normalized spacial score (nSPS) is 11.5. The Hall–Kier alpha value is -1.60. The average Bonchev–Trinajstić information content (AvgIpc) is 2.46. The Morgan fingerprint density at radius 2 is 1.91 bits per heavy atom. The summed E-state index contributed by atoms with van der Waals surface area (Å²) in [5.74, 6) is 0.416. The molecule has 22 heavy (non-hydrogen) atoms. The number of benzene rings is 1. The molecule has 7 heteroatoms. The van der Waals surface area contributed by atoms with Crippen LogP contribution in [0, 0.1) is 0 Å². The van der Waals surface area contributed by atoms with Crippen LogP contribution >= 0.6 is 0 Å². The van der Waals surface area contributed by atoms with Crippen molar-refractivity contribution in [2.75, 3.05) is 26.5 Å². The number of carbonyl (C=O) groups is 1. The maximum Gasteiger partial charge on any atom is 0.235 e. The van der Waals surface area contributed by atoms with Crippen molar-refractivity contribution >= 4 is 15.9 Å². The summed E-state index contributed by atoms with van der Waals surface area (Å²) >= 11 is 0. The number of sulfonamides is 1. The Kier molecular flexibility index (Phi) is 7.34. The molecule has 0 saturated heterocycles. The van der Waals surface area contributed by atoms with Crippen molar-refractivity contribution in [2.45, 2.75) is 26.3 Å². The summed E-state index contributed by atoms with van der Waals surface area (Å²) < 4.78 is 29.9. The Labute approximate surface area is 132 Å². The fourth-order valence-electron chi connectivity index (χ4n) is 1.85. The van der Waals surface area contributed by atoms with Crippen molar-refractivity contribution in [1.29, 1.82) is 0 Å². The molecule has 1 aromatic carbocycles. The number of methoxy groups -OCH3 is 1. The third-order valence-corrected chi connectivity index (χ3v) is 4.36. The van der Waals surface area contributed by atoms with E-state index in [1.165, 1.54) is 0 Å². The molecule has 0 spiro atoms. The van der Waals surface area contributed by atoms with Crippen LogP contribution in [0.15, 0.2) is 24.3 Å². The summed E-state index contributed by atoms with van der Waals surface area (Å²) in [5, 5.41) is 2.73. The van der Waals surface area contributed by atoms with Gasteiger partial charge in [0.05, 0.1) is 19.9 Å². The lowest BCUT2D eigenvalue weighted by Crippen LogP contribution is -2.40. The zero-order valence-electron chi connectivity index (χ0n) is 13.3. The van der Waals surface area contributed by atoms with Crippen molar-refractivity contribution in [1.82, 2.24) is 9.62 Å². The Bertz CT molecular complexity index is 570. The molecule has 0 fully saturated rings. The van der Waals surface area contributed by atoms with Gasteiger partial charge in [-0.1, -0.05) is 25.5 Å². The smallest absolute Gasteiger partial charge is 0.235 e. The van der Waals surface area contributed by atoms with E-state index in [-0.39, 0.29) is 19.0 Å². The van der Waals surface area contributed by atoms with Crippen LogP contribution in [-0.4, -0.2) is 45.1 Å². The van der Waals surface area contributed by atoms with Gasteiger partial charge in [-0.05, 0) is 24.1 Å². The van der Waals surface area contributed by atoms with E-state index >= 15 is 0 Å². The third-order valence-electron chi connectivity index (χ3n) is 3.16. The maximum atomic E-state index is 11.8. The maximum absolute atomic E-state index is 11.8. The number of carbonyl (C=O) groups excluding carboxylic acids is 1. The molecule has 1 rings (SSSR count). The SMILES string of the molecule is CCCCNC(=O)CN(Cc1ccc(OC)cc1)S(C)(=O)=O. The van der Waals surface area contributed by atoms with E-state index in [1.54, 1.807) is 31.4 Å². The van der Waals surface area contributed by atoms with Crippen LogP contribution in [-0.2, 0) is 21.4 Å². The molecule has 0 radical (unpaired) electrons. The molecule has 0 heterocycles. The van der Waals surface area contributed by atoms with Gasteiger partial charge in [0, 0.05) is 13.1 Å². The number of amides is 1. The van der Waals surface area contributed by atoms with Crippen LogP contribution < -0.4 is 10.1 Å². The molecule has 124 valence electrons. The van der Waals surface area contributed by atoms with Gasteiger partial charge in [-0.15, -0.1) is 0 Å². The van der Waals surface area contributed by atoms with Crippen molar-refractivity contribution in [3.8, 4) is 5.75 Å². The van der Waals surface area contributed by atoms with Crippen LogP contribution in [0.5, 0.6) is 5.75 Å². The molecule has 0 unspecified atom stereocenters. The van der Waals surface area contributed by atoms with Crippen LogP contribution in [0.2, 0.25) is 0 Å². The summed E-state index contributed by atoms with van der Waals surface area (Å²) in [6.07, 6.45) is 2.96. The number of hydrogen-bond acceptors (Lipinski definition) is 4. The highest BCUT2D eigenvalue weighted by molar-refractivity contribution is 7.88. The zero-order valence-corrected chi connectivity index (χ0v) is 14.1. The number of nitrogens with one attached hydrogen (secondary N) is 1. The van der Waals surface area contributed by atoms with Crippen LogP contribution in [0.3, 0.4) is 0 Å². The fraction of sp³-hybridized carbons (Fsp3) is 0.533. The number of ether oxygens (including phenoxy) is 1. The molecule has 0 bridgehead atoms. The van der Waals surface area contributed by atoms with Gasteiger partial charge >= 0.3 is 0 Å². The highest BCUT2D eigenvalue weighted by Gasteiger charge is 2.20. The van der Waals surface area contributed by atoms with E-state index in [9.17, 15) is 13.2 Å². The van der Waals surface area contributed by atoms with Gasteiger partial charge in [0.1, 0.15) is 5.75 Å². The highest BCUT2D eigenvalue weighted by atomic mass is 32.2. The molecule has 6 nitrogen and oxygen atoms in total. The first kappa shape index (κ1) is 18.4. The molecule has 1 N–H and O–H groups in total. The molecule has 0 aliphatic rings. The molecule has 0 atom stereocenters. The fourth-order valence-corrected chi connectivity index (χ4v) is 2.58. The first-order valence-corrected chi connectivity index (χ1v) is 9.06. The Balaban J connectivity index is 2.70. The minimum atomic E-state index is -3.46. The van der Waals surface area contributed by atoms with Gasteiger partial charge in [-0.2, -0.15) is 4.31 Å². The van der Waals surface area contributed by atoms with Gasteiger partial charge < -0.3 is 10.1 Å². The minimum absolute atomic E-state index is 0.157. The van der Waals surface area contributed by atoms with E-state index in [2.05, 4.69) is 5.32 Å². The van der Waals surface area contributed by atoms with Crippen molar-refractivity contribution < 1.29 is 17.9 Å². The predicted molar refractivity (Wildman–Crippen MR) is 86.2 cm³/mol.